The number of hydrogen-bond acceptors (Lipinski definition) is 5. The number of carbonyl (C=O) groups excluding carboxylic acids is 2. The summed E-state index contributed by atoms with van der Waals surface area (Å²) in [6.45, 7) is 1.41. The molecule has 0 bridgehead atoms. The first-order valence-electron chi connectivity index (χ1n) is 7.76. The maximum atomic E-state index is 12.6. The lowest BCUT2D eigenvalue weighted by molar-refractivity contribution is -0.129. The van der Waals surface area contributed by atoms with Crippen molar-refractivity contribution in [1.29, 1.82) is 0 Å². The van der Waals surface area contributed by atoms with Crippen LogP contribution in [0.4, 0.5) is 0 Å². The van der Waals surface area contributed by atoms with E-state index in [2.05, 4.69) is 8.75 Å². The zero-order chi connectivity index (χ0) is 16.4. The molecule has 6 nitrogen and oxygen atoms in total. The Morgan fingerprint density at radius 3 is 2.61 bits per heavy atom. The van der Waals surface area contributed by atoms with Gasteiger partial charge in [0.1, 0.15) is 11.0 Å². The molecule has 0 radical (unpaired) electrons. The molecule has 0 aliphatic carbocycles. The minimum atomic E-state index is 0.0392. The Labute approximate surface area is 139 Å². The molecule has 0 N–H and O–H groups in total. The summed E-state index contributed by atoms with van der Waals surface area (Å²) in [4.78, 5) is 27.9. The predicted molar refractivity (Wildman–Crippen MR) is 89.4 cm³/mol. The smallest absolute Gasteiger partial charge is 0.253 e. The van der Waals surface area contributed by atoms with Crippen LogP contribution in [-0.2, 0) is 4.79 Å². The first kappa shape index (κ1) is 15.9. The van der Waals surface area contributed by atoms with Gasteiger partial charge >= 0.3 is 0 Å². The summed E-state index contributed by atoms with van der Waals surface area (Å²) in [6, 6.07) is 5.46. The van der Waals surface area contributed by atoms with Crippen LogP contribution in [0.3, 0.4) is 0 Å². The van der Waals surface area contributed by atoms with Crippen LogP contribution in [0.25, 0.3) is 11.0 Å². The van der Waals surface area contributed by atoms with E-state index < -0.39 is 0 Å². The van der Waals surface area contributed by atoms with Crippen LogP contribution in [0.2, 0.25) is 0 Å². The van der Waals surface area contributed by atoms with Crippen LogP contribution in [-0.4, -0.2) is 57.5 Å². The number of rotatable bonds is 3. The standard InChI is InChI=1S/C16H20N4O2S/c1-19(2)15(21)9-11-5-7-20(8-6-11)16(22)12-3-4-13-14(10-12)18-23-17-13/h3-4,10-11H,5-9H2,1-2H3. The highest BCUT2D eigenvalue weighted by atomic mass is 32.1. The quantitative estimate of drug-likeness (QED) is 0.862. The average molecular weight is 332 g/mol. The fraction of sp³-hybridized carbons (Fsp3) is 0.500. The summed E-state index contributed by atoms with van der Waals surface area (Å²) >= 11 is 1.16. The van der Waals surface area contributed by atoms with Gasteiger partial charge in [-0.25, -0.2) is 0 Å². The molecule has 2 aromatic rings. The van der Waals surface area contributed by atoms with E-state index in [1.807, 2.05) is 23.1 Å². The molecule has 23 heavy (non-hydrogen) atoms. The van der Waals surface area contributed by atoms with Gasteiger partial charge in [-0.2, -0.15) is 8.75 Å². The van der Waals surface area contributed by atoms with Crippen LogP contribution >= 0.6 is 11.7 Å². The van der Waals surface area contributed by atoms with E-state index in [1.54, 1.807) is 19.0 Å². The normalized spacial score (nSPS) is 15.8. The summed E-state index contributed by atoms with van der Waals surface area (Å²) in [7, 11) is 3.56. The van der Waals surface area contributed by atoms with Crippen molar-refractivity contribution in [3.05, 3.63) is 23.8 Å². The molecule has 7 heteroatoms. The van der Waals surface area contributed by atoms with Crippen molar-refractivity contribution >= 4 is 34.6 Å². The minimum Gasteiger partial charge on any atom is -0.349 e. The Kier molecular flexibility index (Phi) is 4.56. The van der Waals surface area contributed by atoms with Gasteiger partial charge in [0.2, 0.25) is 5.91 Å². The van der Waals surface area contributed by atoms with Gasteiger partial charge in [-0.15, -0.1) is 0 Å². The third-order valence-corrected chi connectivity index (χ3v) is 4.92. The SMILES string of the molecule is CN(C)C(=O)CC1CCN(C(=O)c2ccc3nsnc3c2)CC1. The number of amides is 2. The van der Waals surface area contributed by atoms with Crippen LogP contribution in [0, 0.1) is 5.92 Å². The van der Waals surface area contributed by atoms with Gasteiger partial charge < -0.3 is 9.80 Å². The van der Waals surface area contributed by atoms with E-state index in [1.165, 1.54) is 0 Å². The third kappa shape index (κ3) is 3.50. The third-order valence-electron chi connectivity index (χ3n) is 4.36. The Bertz CT molecular complexity index is 720. The fourth-order valence-electron chi connectivity index (χ4n) is 2.87. The van der Waals surface area contributed by atoms with E-state index in [0.29, 0.717) is 31.0 Å². The Morgan fingerprint density at radius 1 is 1.22 bits per heavy atom. The van der Waals surface area contributed by atoms with Gasteiger partial charge in [0, 0.05) is 39.2 Å². The fourth-order valence-corrected chi connectivity index (χ4v) is 3.38. The molecule has 0 saturated carbocycles. The molecule has 122 valence electrons. The summed E-state index contributed by atoms with van der Waals surface area (Å²) in [5.41, 5.74) is 2.26. The Hall–Kier alpha value is -2.02. The molecule has 1 aromatic carbocycles. The van der Waals surface area contributed by atoms with E-state index in [4.69, 9.17) is 0 Å². The maximum Gasteiger partial charge on any atom is 0.253 e. The Morgan fingerprint density at radius 2 is 1.91 bits per heavy atom. The molecule has 1 aliphatic heterocycles. The zero-order valence-electron chi connectivity index (χ0n) is 13.4. The molecule has 3 rings (SSSR count). The second-order valence-corrected chi connectivity index (χ2v) is 6.72. The lowest BCUT2D eigenvalue weighted by Gasteiger charge is -2.32. The molecular formula is C16H20N4O2S. The number of aromatic nitrogens is 2. The summed E-state index contributed by atoms with van der Waals surface area (Å²) < 4.78 is 8.34. The van der Waals surface area contributed by atoms with Crippen molar-refractivity contribution in [3.63, 3.8) is 0 Å². The van der Waals surface area contributed by atoms with Crippen molar-refractivity contribution in [2.75, 3.05) is 27.2 Å². The molecule has 1 aliphatic rings. The zero-order valence-corrected chi connectivity index (χ0v) is 14.2. The first-order valence-corrected chi connectivity index (χ1v) is 8.49. The molecule has 0 spiro atoms. The van der Waals surface area contributed by atoms with Crippen molar-refractivity contribution < 1.29 is 9.59 Å². The number of carbonyl (C=O) groups is 2. The lowest BCUT2D eigenvalue weighted by atomic mass is 9.92. The number of fused-ring (bicyclic) bond motifs is 1. The van der Waals surface area contributed by atoms with Gasteiger partial charge in [-0.05, 0) is 37.0 Å². The molecular weight excluding hydrogens is 312 g/mol. The van der Waals surface area contributed by atoms with Crippen LogP contribution in [0.15, 0.2) is 18.2 Å². The Balaban J connectivity index is 1.60. The average Bonchev–Trinajstić information content (AvgIpc) is 3.02. The van der Waals surface area contributed by atoms with Crippen molar-refractivity contribution in [2.45, 2.75) is 19.3 Å². The maximum absolute atomic E-state index is 12.6. The highest BCUT2D eigenvalue weighted by Gasteiger charge is 2.25. The van der Waals surface area contributed by atoms with E-state index in [9.17, 15) is 9.59 Å². The van der Waals surface area contributed by atoms with E-state index in [0.717, 1.165) is 35.6 Å². The van der Waals surface area contributed by atoms with Crippen LogP contribution in [0.1, 0.15) is 29.6 Å². The van der Waals surface area contributed by atoms with Crippen molar-refractivity contribution in [1.82, 2.24) is 18.5 Å². The van der Waals surface area contributed by atoms with Gasteiger partial charge in [0.15, 0.2) is 0 Å². The van der Waals surface area contributed by atoms with Gasteiger partial charge in [-0.1, -0.05) is 0 Å². The number of nitrogens with zero attached hydrogens (tertiary/aromatic N) is 4. The number of hydrogen-bond donors (Lipinski definition) is 0. The molecule has 1 aromatic heterocycles. The van der Waals surface area contributed by atoms with Crippen LogP contribution in [0.5, 0.6) is 0 Å². The molecule has 2 amide bonds. The number of likely N-dealkylation sites (tertiary alicyclic amines) is 1. The minimum absolute atomic E-state index is 0.0392. The van der Waals surface area contributed by atoms with E-state index in [-0.39, 0.29) is 11.8 Å². The van der Waals surface area contributed by atoms with Crippen LogP contribution < -0.4 is 0 Å². The first-order chi connectivity index (χ1) is 11.0. The van der Waals surface area contributed by atoms with Crippen molar-refractivity contribution in [3.8, 4) is 0 Å². The lowest BCUT2D eigenvalue weighted by Crippen LogP contribution is -2.39. The monoisotopic (exact) mass is 332 g/mol. The number of piperidine rings is 1. The topological polar surface area (TPSA) is 66.4 Å². The molecule has 0 atom stereocenters. The highest BCUT2D eigenvalue weighted by Crippen LogP contribution is 2.23. The second-order valence-electron chi connectivity index (χ2n) is 6.20. The largest absolute Gasteiger partial charge is 0.349 e. The highest BCUT2D eigenvalue weighted by molar-refractivity contribution is 7.00. The molecule has 1 saturated heterocycles. The van der Waals surface area contributed by atoms with Gasteiger partial charge in [0.25, 0.3) is 5.91 Å². The predicted octanol–water partition coefficient (Wildman–Crippen LogP) is 2.02. The molecule has 2 heterocycles. The summed E-state index contributed by atoms with van der Waals surface area (Å²) in [6.07, 6.45) is 2.34. The second kappa shape index (κ2) is 6.62. The molecule has 1 fully saturated rings. The summed E-state index contributed by atoms with van der Waals surface area (Å²) in [5, 5.41) is 0. The van der Waals surface area contributed by atoms with Gasteiger partial charge in [-0.3, -0.25) is 9.59 Å². The van der Waals surface area contributed by atoms with Gasteiger partial charge in [0.05, 0.1) is 11.7 Å². The number of benzene rings is 1. The molecule has 0 unspecified atom stereocenters. The van der Waals surface area contributed by atoms with E-state index >= 15 is 0 Å². The summed E-state index contributed by atoms with van der Waals surface area (Å²) in [5.74, 6) is 0.577. The van der Waals surface area contributed by atoms with Crippen molar-refractivity contribution in [2.24, 2.45) is 5.92 Å².